The third-order valence-corrected chi connectivity index (χ3v) is 4.39. The fourth-order valence-electron chi connectivity index (χ4n) is 3.36. The molecular weight excluding hydrogens is 254 g/mol. The lowest BCUT2D eigenvalue weighted by molar-refractivity contribution is -0.125. The maximum absolute atomic E-state index is 12.1. The van der Waals surface area contributed by atoms with Crippen molar-refractivity contribution in [2.45, 2.75) is 19.9 Å². The lowest BCUT2D eigenvalue weighted by atomic mass is 9.51. The van der Waals surface area contributed by atoms with E-state index in [0.717, 1.165) is 0 Å². The van der Waals surface area contributed by atoms with Gasteiger partial charge in [0, 0.05) is 11.8 Å². The summed E-state index contributed by atoms with van der Waals surface area (Å²) in [6.07, 6.45) is 1.62. The maximum atomic E-state index is 12.1. The monoisotopic (exact) mass is 265 g/mol. The van der Waals surface area contributed by atoms with Gasteiger partial charge in [-0.25, -0.2) is 0 Å². The topological polar surface area (TPSA) is 124 Å². The summed E-state index contributed by atoms with van der Waals surface area (Å²) in [5.74, 6) is -1.77. The average Bonchev–Trinajstić information content (AvgIpc) is 2.60. The van der Waals surface area contributed by atoms with Gasteiger partial charge in [-0.2, -0.15) is 21.0 Å². The van der Waals surface area contributed by atoms with E-state index in [4.69, 9.17) is 0 Å². The van der Waals surface area contributed by atoms with Crippen molar-refractivity contribution in [2.75, 3.05) is 0 Å². The number of fused-ring (bicyclic) bond motifs is 3. The molecule has 6 heteroatoms. The smallest absolute Gasteiger partial charge is 0.224 e. The van der Waals surface area contributed by atoms with Gasteiger partial charge in [-0.1, -0.05) is 18.6 Å². The lowest BCUT2D eigenvalue weighted by Gasteiger charge is -2.43. The molecule has 2 heterocycles. The van der Waals surface area contributed by atoms with E-state index in [0.29, 0.717) is 5.57 Å². The predicted molar refractivity (Wildman–Crippen MR) is 65.7 cm³/mol. The van der Waals surface area contributed by atoms with Gasteiger partial charge in [0.2, 0.25) is 5.91 Å². The Morgan fingerprint density at radius 1 is 1.10 bits per heavy atom. The number of amides is 1. The second kappa shape index (κ2) is 4.09. The molecule has 98 valence electrons. The van der Waals surface area contributed by atoms with Crippen molar-refractivity contribution in [2.24, 2.45) is 22.7 Å². The molecule has 1 fully saturated rings. The first kappa shape index (κ1) is 13.6. The van der Waals surface area contributed by atoms with Gasteiger partial charge in [0.15, 0.2) is 10.8 Å². The van der Waals surface area contributed by atoms with E-state index in [1.54, 1.807) is 19.9 Å². The van der Waals surface area contributed by atoms with Crippen LogP contribution in [0.25, 0.3) is 0 Å². The van der Waals surface area contributed by atoms with E-state index < -0.39 is 28.7 Å². The molecule has 1 aliphatic carbocycles. The van der Waals surface area contributed by atoms with Crippen LogP contribution < -0.4 is 5.32 Å². The van der Waals surface area contributed by atoms with Crippen LogP contribution in [-0.2, 0) is 4.79 Å². The van der Waals surface area contributed by atoms with E-state index in [-0.39, 0.29) is 5.91 Å². The van der Waals surface area contributed by atoms with E-state index in [1.807, 2.05) is 24.3 Å². The fourth-order valence-corrected chi connectivity index (χ4v) is 3.36. The summed E-state index contributed by atoms with van der Waals surface area (Å²) in [6, 6.07) is 6.45. The molecule has 0 radical (unpaired) electrons. The van der Waals surface area contributed by atoms with Crippen molar-refractivity contribution < 1.29 is 4.79 Å². The number of nitrogens with one attached hydrogen (secondary N) is 1. The van der Waals surface area contributed by atoms with Crippen LogP contribution in [0.3, 0.4) is 0 Å². The van der Waals surface area contributed by atoms with Crippen LogP contribution in [-0.4, -0.2) is 11.9 Å². The Morgan fingerprint density at radius 3 is 2.05 bits per heavy atom. The molecule has 0 spiro atoms. The van der Waals surface area contributed by atoms with Crippen molar-refractivity contribution in [3.63, 3.8) is 0 Å². The van der Waals surface area contributed by atoms with Gasteiger partial charge in [0.05, 0.1) is 30.3 Å². The van der Waals surface area contributed by atoms with Crippen LogP contribution in [0.1, 0.15) is 13.8 Å². The van der Waals surface area contributed by atoms with Gasteiger partial charge in [-0.3, -0.25) is 4.79 Å². The van der Waals surface area contributed by atoms with Crippen LogP contribution in [0.2, 0.25) is 0 Å². The van der Waals surface area contributed by atoms with Crippen LogP contribution in [0.15, 0.2) is 11.6 Å². The summed E-state index contributed by atoms with van der Waals surface area (Å²) >= 11 is 0. The summed E-state index contributed by atoms with van der Waals surface area (Å²) < 4.78 is 0. The molecule has 0 aromatic rings. The Hall–Kier alpha value is -2.83. The Kier molecular flexibility index (Phi) is 2.78. The highest BCUT2D eigenvalue weighted by Crippen LogP contribution is 2.56. The van der Waals surface area contributed by atoms with E-state index in [9.17, 15) is 25.8 Å². The molecule has 2 bridgehead atoms. The minimum Gasteiger partial charge on any atom is -0.347 e. The average molecular weight is 265 g/mol. The lowest BCUT2D eigenvalue weighted by Crippen LogP contribution is -2.55. The van der Waals surface area contributed by atoms with Crippen molar-refractivity contribution >= 4 is 5.91 Å². The predicted octanol–water partition coefficient (Wildman–Crippen LogP) is 0.764. The first-order valence-corrected chi connectivity index (χ1v) is 6.07. The molecule has 0 unspecified atom stereocenters. The standard InChI is InChI=1S/C14H11N5O/c1-8-3-10-13(4-15,5-16)14(6-17,7-18)11(8)9(2)12(20)19-10/h3,9-11H,1-2H3,(H,19,20)/t9-,10-,11-/m0/s1. The molecule has 3 atom stereocenters. The normalized spacial score (nSPS) is 32.4. The van der Waals surface area contributed by atoms with Gasteiger partial charge < -0.3 is 5.32 Å². The van der Waals surface area contributed by atoms with Crippen LogP contribution in [0, 0.1) is 68.0 Å². The third-order valence-electron chi connectivity index (χ3n) is 4.39. The summed E-state index contributed by atoms with van der Waals surface area (Å²) in [6.45, 7) is 3.32. The number of allylic oxidation sites excluding steroid dienone is 1. The van der Waals surface area contributed by atoms with Crippen molar-refractivity contribution in [3.8, 4) is 24.3 Å². The Morgan fingerprint density at radius 2 is 1.60 bits per heavy atom. The summed E-state index contributed by atoms with van der Waals surface area (Å²) in [4.78, 5) is 12.1. The number of hydrogen-bond donors (Lipinski definition) is 1. The molecule has 3 rings (SSSR count). The molecular formula is C14H11N5O. The van der Waals surface area contributed by atoms with Crippen LogP contribution in [0.4, 0.5) is 0 Å². The van der Waals surface area contributed by atoms with Gasteiger partial charge in [-0.05, 0) is 6.92 Å². The molecule has 20 heavy (non-hydrogen) atoms. The fraction of sp³-hybridized carbons (Fsp3) is 0.500. The second-order valence-corrected chi connectivity index (χ2v) is 5.23. The quantitative estimate of drug-likeness (QED) is 0.647. The Bertz CT molecular complexity index is 650. The van der Waals surface area contributed by atoms with Crippen molar-refractivity contribution in [3.05, 3.63) is 11.6 Å². The van der Waals surface area contributed by atoms with Gasteiger partial charge in [0.1, 0.15) is 0 Å². The number of carbonyl (C=O) groups excluding carboxylic acids is 1. The first-order chi connectivity index (χ1) is 9.44. The minimum atomic E-state index is -1.90. The van der Waals surface area contributed by atoms with E-state index in [1.165, 1.54) is 0 Å². The van der Waals surface area contributed by atoms with E-state index in [2.05, 4.69) is 5.32 Å². The van der Waals surface area contributed by atoms with Crippen LogP contribution in [0.5, 0.6) is 0 Å². The number of hydrogen-bond acceptors (Lipinski definition) is 5. The second-order valence-electron chi connectivity index (χ2n) is 5.23. The zero-order valence-electron chi connectivity index (χ0n) is 11.0. The molecule has 1 saturated heterocycles. The SMILES string of the molecule is CC1=C[C@@H]2NC(=O)[C@@H](C)[C@H]1C(C#N)(C#N)C2(C#N)C#N. The highest BCUT2D eigenvalue weighted by molar-refractivity contribution is 5.82. The van der Waals surface area contributed by atoms with E-state index >= 15 is 0 Å². The summed E-state index contributed by atoms with van der Waals surface area (Å²) in [7, 11) is 0. The van der Waals surface area contributed by atoms with Gasteiger partial charge in [0.25, 0.3) is 0 Å². The third kappa shape index (κ3) is 1.21. The van der Waals surface area contributed by atoms with Gasteiger partial charge >= 0.3 is 0 Å². The molecule has 6 nitrogen and oxygen atoms in total. The Balaban J connectivity index is 2.92. The zero-order chi connectivity index (χ0) is 15.1. The highest BCUT2D eigenvalue weighted by atomic mass is 16.2. The molecule has 0 saturated carbocycles. The number of nitriles is 4. The van der Waals surface area contributed by atoms with Crippen molar-refractivity contribution in [1.82, 2.24) is 5.32 Å². The minimum absolute atomic E-state index is 0.352. The number of carbonyl (C=O) groups is 1. The summed E-state index contributed by atoms with van der Waals surface area (Å²) in [5, 5.41) is 40.7. The van der Waals surface area contributed by atoms with Gasteiger partial charge in [-0.15, -0.1) is 0 Å². The molecule has 0 aromatic carbocycles. The number of rotatable bonds is 0. The molecule has 1 amide bonds. The molecule has 0 aromatic heterocycles. The van der Waals surface area contributed by atoms with Crippen molar-refractivity contribution in [1.29, 1.82) is 21.0 Å². The van der Waals surface area contributed by atoms with Crippen LogP contribution >= 0.6 is 0 Å². The largest absolute Gasteiger partial charge is 0.347 e. The highest BCUT2D eigenvalue weighted by Gasteiger charge is 2.68. The molecule has 1 N–H and O–H groups in total. The first-order valence-electron chi connectivity index (χ1n) is 6.07. The molecule has 2 aliphatic heterocycles. The summed E-state index contributed by atoms with van der Waals surface area (Å²) in [5.41, 5.74) is -3.08. The Labute approximate surface area is 116 Å². The number of nitrogens with zero attached hydrogens (tertiary/aromatic N) is 4. The maximum Gasteiger partial charge on any atom is 0.224 e. The zero-order valence-corrected chi connectivity index (χ0v) is 11.0. The molecule has 3 aliphatic rings.